The van der Waals surface area contributed by atoms with Crippen LogP contribution in [0.5, 0.6) is 0 Å². The molecule has 1 aliphatic heterocycles. The molecule has 0 amide bonds. The van der Waals surface area contributed by atoms with Crippen LogP contribution in [0.3, 0.4) is 0 Å². The molecule has 1 saturated heterocycles. The van der Waals surface area contributed by atoms with Gasteiger partial charge in [0, 0.05) is 19.6 Å². The Morgan fingerprint density at radius 1 is 1.33 bits per heavy atom. The van der Waals surface area contributed by atoms with E-state index in [-0.39, 0.29) is 12.1 Å². The second-order valence-electron chi connectivity index (χ2n) is 7.55. The lowest BCUT2D eigenvalue weighted by atomic mass is 9.64. The quantitative estimate of drug-likeness (QED) is 0.751. The van der Waals surface area contributed by atoms with E-state index in [2.05, 4.69) is 18.7 Å². The van der Waals surface area contributed by atoms with Crippen LogP contribution in [0.1, 0.15) is 38.7 Å². The summed E-state index contributed by atoms with van der Waals surface area (Å²) in [6.45, 7) is 8.43. The Kier molecular flexibility index (Phi) is 5.57. The molecule has 24 heavy (non-hydrogen) atoms. The third-order valence-electron chi connectivity index (χ3n) is 5.17. The normalized spacial score (nSPS) is 23.7. The van der Waals surface area contributed by atoms with Crippen molar-refractivity contribution < 1.29 is 14.3 Å². The fraction of sp³-hybridized carbons (Fsp3) is 0.650. The maximum atomic E-state index is 12.8. The monoisotopic (exact) mass is 331 g/mol. The van der Waals surface area contributed by atoms with Crippen molar-refractivity contribution in [2.24, 2.45) is 5.92 Å². The van der Waals surface area contributed by atoms with Gasteiger partial charge < -0.3 is 9.47 Å². The summed E-state index contributed by atoms with van der Waals surface area (Å²) in [5, 5.41) is 0. The van der Waals surface area contributed by atoms with Gasteiger partial charge in [0.05, 0.1) is 12.0 Å². The van der Waals surface area contributed by atoms with Gasteiger partial charge in [0.25, 0.3) is 0 Å². The van der Waals surface area contributed by atoms with Gasteiger partial charge in [0.2, 0.25) is 0 Å². The molecule has 4 heteroatoms. The SMILES string of the molecule is CC(C)CN1CCOC(COC(=O)C2(c3ccccc3)CCC2)C1. The molecule has 3 rings (SSSR count). The summed E-state index contributed by atoms with van der Waals surface area (Å²) in [6.07, 6.45) is 2.86. The Morgan fingerprint density at radius 3 is 2.71 bits per heavy atom. The highest BCUT2D eigenvalue weighted by atomic mass is 16.6. The first-order valence-corrected chi connectivity index (χ1v) is 9.17. The van der Waals surface area contributed by atoms with Gasteiger partial charge in [0.15, 0.2) is 0 Å². The van der Waals surface area contributed by atoms with Crippen LogP contribution >= 0.6 is 0 Å². The third kappa shape index (κ3) is 3.81. The molecule has 0 bridgehead atoms. The van der Waals surface area contributed by atoms with Crippen LogP contribution in [0.4, 0.5) is 0 Å². The first-order valence-electron chi connectivity index (χ1n) is 9.17. The molecule has 1 aliphatic carbocycles. The van der Waals surface area contributed by atoms with Gasteiger partial charge >= 0.3 is 5.97 Å². The van der Waals surface area contributed by atoms with Crippen molar-refractivity contribution in [1.29, 1.82) is 0 Å². The molecule has 1 heterocycles. The fourth-order valence-electron chi connectivity index (χ4n) is 3.77. The lowest BCUT2D eigenvalue weighted by molar-refractivity contribution is -0.161. The summed E-state index contributed by atoms with van der Waals surface area (Å²) >= 11 is 0. The molecule has 2 fully saturated rings. The Labute approximate surface area is 145 Å². The van der Waals surface area contributed by atoms with Crippen molar-refractivity contribution in [2.75, 3.05) is 32.8 Å². The molecule has 0 radical (unpaired) electrons. The van der Waals surface area contributed by atoms with E-state index in [1.54, 1.807) is 0 Å². The molecule has 132 valence electrons. The van der Waals surface area contributed by atoms with Gasteiger partial charge in [-0.05, 0) is 24.3 Å². The van der Waals surface area contributed by atoms with E-state index in [1.807, 2.05) is 30.3 Å². The molecule has 2 aliphatic rings. The number of carbonyl (C=O) groups is 1. The molecule has 1 unspecified atom stereocenters. The minimum absolute atomic E-state index is 0.00523. The lowest BCUT2D eigenvalue weighted by Crippen LogP contribution is -2.48. The summed E-state index contributed by atoms with van der Waals surface area (Å²) in [5.41, 5.74) is 0.667. The van der Waals surface area contributed by atoms with Crippen LogP contribution in [0.2, 0.25) is 0 Å². The number of hydrogen-bond acceptors (Lipinski definition) is 4. The van der Waals surface area contributed by atoms with Crippen LogP contribution in [-0.2, 0) is 19.7 Å². The average molecular weight is 331 g/mol. The topological polar surface area (TPSA) is 38.8 Å². The van der Waals surface area contributed by atoms with Crippen molar-refractivity contribution in [2.45, 2.75) is 44.6 Å². The molecule has 1 aromatic rings. The molecule has 0 N–H and O–H groups in total. The van der Waals surface area contributed by atoms with Gasteiger partial charge in [-0.15, -0.1) is 0 Å². The van der Waals surface area contributed by atoms with Crippen molar-refractivity contribution in [1.82, 2.24) is 4.90 Å². The van der Waals surface area contributed by atoms with Gasteiger partial charge in [-0.3, -0.25) is 9.69 Å². The predicted octanol–water partition coefficient (Wildman–Crippen LogP) is 3.01. The Morgan fingerprint density at radius 2 is 2.08 bits per heavy atom. The van der Waals surface area contributed by atoms with E-state index in [9.17, 15) is 4.79 Å². The second-order valence-corrected chi connectivity index (χ2v) is 7.55. The van der Waals surface area contributed by atoms with Crippen LogP contribution in [0, 0.1) is 5.92 Å². The van der Waals surface area contributed by atoms with E-state index >= 15 is 0 Å². The molecule has 1 saturated carbocycles. The first kappa shape index (κ1) is 17.4. The van der Waals surface area contributed by atoms with Crippen molar-refractivity contribution in [3.05, 3.63) is 35.9 Å². The molecule has 4 nitrogen and oxygen atoms in total. The van der Waals surface area contributed by atoms with Crippen molar-refractivity contribution in [3.63, 3.8) is 0 Å². The maximum absolute atomic E-state index is 12.8. The molecule has 0 spiro atoms. The van der Waals surface area contributed by atoms with Crippen LogP contribution in [-0.4, -0.2) is 49.8 Å². The predicted molar refractivity (Wildman–Crippen MR) is 93.9 cm³/mol. The highest BCUT2D eigenvalue weighted by molar-refractivity contribution is 5.84. The van der Waals surface area contributed by atoms with Crippen LogP contribution in [0.25, 0.3) is 0 Å². The number of esters is 1. The minimum Gasteiger partial charge on any atom is -0.462 e. The number of hydrogen-bond donors (Lipinski definition) is 0. The Balaban J connectivity index is 1.55. The Hall–Kier alpha value is -1.39. The van der Waals surface area contributed by atoms with E-state index in [4.69, 9.17) is 9.47 Å². The maximum Gasteiger partial charge on any atom is 0.316 e. The number of rotatable bonds is 6. The summed E-state index contributed by atoms with van der Waals surface area (Å²) in [7, 11) is 0. The number of carbonyl (C=O) groups excluding carboxylic acids is 1. The second kappa shape index (κ2) is 7.66. The number of nitrogens with zero attached hydrogens (tertiary/aromatic N) is 1. The van der Waals surface area contributed by atoms with E-state index in [0.717, 1.165) is 51.1 Å². The lowest BCUT2D eigenvalue weighted by Gasteiger charge is -2.40. The van der Waals surface area contributed by atoms with Crippen molar-refractivity contribution >= 4 is 5.97 Å². The fourth-order valence-corrected chi connectivity index (χ4v) is 3.77. The van der Waals surface area contributed by atoms with E-state index in [1.165, 1.54) is 0 Å². The Bertz CT molecular complexity index is 539. The zero-order chi connectivity index (χ0) is 17.0. The third-order valence-corrected chi connectivity index (χ3v) is 5.17. The van der Waals surface area contributed by atoms with Gasteiger partial charge in [-0.2, -0.15) is 0 Å². The zero-order valence-electron chi connectivity index (χ0n) is 14.9. The van der Waals surface area contributed by atoms with Crippen molar-refractivity contribution in [3.8, 4) is 0 Å². The smallest absolute Gasteiger partial charge is 0.316 e. The molecule has 1 aromatic carbocycles. The molecular weight excluding hydrogens is 302 g/mol. The largest absolute Gasteiger partial charge is 0.462 e. The first-order chi connectivity index (χ1) is 11.6. The number of morpholine rings is 1. The highest BCUT2D eigenvalue weighted by Crippen LogP contribution is 2.44. The minimum atomic E-state index is -0.423. The molecule has 0 aromatic heterocycles. The molecular formula is C20H29NO3. The highest BCUT2D eigenvalue weighted by Gasteiger charge is 2.47. The van der Waals surface area contributed by atoms with E-state index in [0.29, 0.717) is 12.5 Å². The summed E-state index contributed by atoms with van der Waals surface area (Å²) < 4.78 is 11.5. The standard InChI is InChI=1S/C20H29NO3/c1-16(2)13-21-11-12-23-18(14-21)15-24-19(22)20(9-6-10-20)17-7-4-3-5-8-17/h3-5,7-8,16,18H,6,9-15H2,1-2H3. The van der Waals surface area contributed by atoms with Gasteiger partial charge in [-0.1, -0.05) is 50.6 Å². The van der Waals surface area contributed by atoms with Crippen LogP contribution < -0.4 is 0 Å². The average Bonchev–Trinajstić information content (AvgIpc) is 2.53. The van der Waals surface area contributed by atoms with Gasteiger partial charge in [-0.25, -0.2) is 0 Å². The zero-order valence-corrected chi connectivity index (χ0v) is 14.9. The number of ether oxygens (including phenoxy) is 2. The van der Waals surface area contributed by atoms with Gasteiger partial charge in [0.1, 0.15) is 12.7 Å². The summed E-state index contributed by atoms with van der Waals surface area (Å²) in [4.78, 5) is 15.2. The number of benzene rings is 1. The molecule has 1 atom stereocenters. The van der Waals surface area contributed by atoms with E-state index < -0.39 is 5.41 Å². The summed E-state index contributed by atoms with van der Waals surface area (Å²) in [6, 6.07) is 10.1. The van der Waals surface area contributed by atoms with Crippen LogP contribution in [0.15, 0.2) is 30.3 Å². The summed E-state index contributed by atoms with van der Waals surface area (Å²) in [5.74, 6) is 0.562.